The number of hydrogen-bond donors (Lipinski definition) is 2. The predicted molar refractivity (Wildman–Crippen MR) is 98.8 cm³/mol. The van der Waals surface area contributed by atoms with Gasteiger partial charge in [0.2, 0.25) is 5.91 Å². The molecule has 0 aromatic heterocycles. The summed E-state index contributed by atoms with van der Waals surface area (Å²) in [4.78, 5) is 49.7. The van der Waals surface area contributed by atoms with E-state index in [1.54, 1.807) is 0 Å². The van der Waals surface area contributed by atoms with Gasteiger partial charge in [0.05, 0.1) is 12.6 Å². The molecule has 2 aliphatic rings. The monoisotopic (exact) mass is 381 g/mol. The molecule has 3 atom stereocenters. The fourth-order valence-corrected chi connectivity index (χ4v) is 3.16. The molecule has 1 heterocycles. The quantitative estimate of drug-likeness (QED) is 0.507. The number of likely N-dealkylation sites (tertiary alicyclic amines) is 1. The van der Waals surface area contributed by atoms with Crippen LogP contribution in [0.15, 0.2) is 0 Å². The number of carbonyl (C=O) groups excluding carboxylic acids is 4. The summed E-state index contributed by atoms with van der Waals surface area (Å²) >= 11 is 0. The van der Waals surface area contributed by atoms with Gasteiger partial charge in [-0.1, -0.05) is 27.7 Å². The smallest absolute Gasteiger partial charge is 0.325 e. The molecule has 0 aromatic rings. The fraction of sp³-hybridized carbons (Fsp3) is 0.789. The summed E-state index contributed by atoms with van der Waals surface area (Å²) in [5.41, 5.74) is -0.555. The lowest BCUT2D eigenvalue weighted by atomic mass is 9.85. The molecular weight excluding hydrogens is 350 g/mol. The molecular formula is C19H31N3O5. The molecule has 1 saturated carbocycles. The van der Waals surface area contributed by atoms with E-state index in [4.69, 9.17) is 4.74 Å². The number of urea groups is 1. The second kappa shape index (κ2) is 8.71. The average molecular weight is 381 g/mol. The van der Waals surface area contributed by atoms with Gasteiger partial charge in [0, 0.05) is 6.54 Å². The van der Waals surface area contributed by atoms with Crippen molar-refractivity contribution < 1.29 is 23.9 Å². The molecule has 0 aromatic carbocycles. The van der Waals surface area contributed by atoms with E-state index in [2.05, 4.69) is 10.6 Å². The molecule has 1 saturated heterocycles. The Labute approximate surface area is 160 Å². The maximum Gasteiger partial charge on any atom is 0.325 e. The van der Waals surface area contributed by atoms with Crippen LogP contribution in [-0.4, -0.2) is 60.9 Å². The van der Waals surface area contributed by atoms with Crippen LogP contribution in [-0.2, 0) is 19.1 Å². The van der Waals surface area contributed by atoms with Crippen LogP contribution in [0.5, 0.6) is 0 Å². The van der Waals surface area contributed by atoms with Gasteiger partial charge in [-0.15, -0.1) is 0 Å². The van der Waals surface area contributed by atoms with Crippen molar-refractivity contribution in [1.29, 1.82) is 0 Å². The van der Waals surface area contributed by atoms with Crippen LogP contribution in [0.25, 0.3) is 0 Å². The lowest BCUT2D eigenvalue weighted by molar-refractivity contribution is -0.142. The summed E-state index contributed by atoms with van der Waals surface area (Å²) in [6.07, 6.45) is 3.57. The highest BCUT2D eigenvalue weighted by molar-refractivity contribution is 5.90. The zero-order valence-corrected chi connectivity index (χ0v) is 16.6. The molecule has 0 bridgehead atoms. The summed E-state index contributed by atoms with van der Waals surface area (Å²) in [5, 5.41) is 5.10. The van der Waals surface area contributed by atoms with Crippen molar-refractivity contribution in [2.45, 2.75) is 59.0 Å². The summed E-state index contributed by atoms with van der Waals surface area (Å²) < 4.78 is 5.06. The second-order valence-corrected chi connectivity index (χ2v) is 8.79. The number of nitrogens with one attached hydrogen (secondary N) is 2. The van der Waals surface area contributed by atoms with Crippen molar-refractivity contribution in [3.8, 4) is 0 Å². The molecule has 27 heavy (non-hydrogen) atoms. The van der Waals surface area contributed by atoms with Gasteiger partial charge in [-0.3, -0.25) is 9.59 Å². The largest absolute Gasteiger partial charge is 0.464 e. The van der Waals surface area contributed by atoms with Crippen molar-refractivity contribution in [1.82, 2.24) is 15.5 Å². The molecule has 2 rings (SSSR count). The van der Waals surface area contributed by atoms with Crippen LogP contribution in [0.1, 0.15) is 47.0 Å². The lowest BCUT2D eigenvalue weighted by Gasteiger charge is -2.34. The Balaban J connectivity index is 1.91. The van der Waals surface area contributed by atoms with E-state index >= 15 is 0 Å². The van der Waals surface area contributed by atoms with Crippen LogP contribution in [0.4, 0.5) is 4.79 Å². The van der Waals surface area contributed by atoms with Crippen LogP contribution >= 0.6 is 0 Å². The molecule has 0 radical (unpaired) electrons. The summed E-state index contributed by atoms with van der Waals surface area (Å²) in [6, 6.07) is -1.88. The molecule has 0 spiro atoms. The number of ether oxygens (including phenoxy) is 1. The third-order valence-corrected chi connectivity index (χ3v) is 4.95. The van der Waals surface area contributed by atoms with Crippen molar-refractivity contribution in [3.05, 3.63) is 0 Å². The predicted octanol–water partition coefficient (Wildman–Crippen LogP) is 1.09. The van der Waals surface area contributed by atoms with Crippen molar-refractivity contribution in [2.75, 3.05) is 19.7 Å². The number of amides is 3. The van der Waals surface area contributed by atoms with Crippen LogP contribution in [0.3, 0.4) is 0 Å². The molecule has 2 N–H and O–H groups in total. The zero-order chi connectivity index (χ0) is 20.2. The Morgan fingerprint density at radius 1 is 1.26 bits per heavy atom. The van der Waals surface area contributed by atoms with Gasteiger partial charge < -0.3 is 25.1 Å². The highest BCUT2D eigenvalue weighted by Crippen LogP contribution is 2.29. The van der Waals surface area contributed by atoms with Gasteiger partial charge >= 0.3 is 12.0 Å². The first-order chi connectivity index (χ1) is 12.6. The first kappa shape index (κ1) is 21.2. The molecule has 8 nitrogen and oxygen atoms in total. The Kier molecular flexibility index (Phi) is 6.84. The molecule has 2 fully saturated rings. The Morgan fingerprint density at radius 2 is 1.93 bits per heavy atom. The van der Waals surface area contributed by atoms with Crippen LogP contribution in [0, 0.1) is 17.3 Å². The highest BCUT2D eigenvalue weighted by Gasteiger charge is 2.41. The molecule has 1 aliphatic heterocycles. The lowest BCUT2D eigenvalue weighted by Crippen LogP contribution is -2.58. The molecule has 1 aliphatic carbocycles. The maximum atomic E-state index is 13.0. The molecule has 3 amide bonds. The average Bonchev–Trinajstić information content (AvgIpc) is 3.34. The van der Waals surface area contributed by atoms with E-state index in [-0.39, 0.29) is 18.4 Å². The summed E-state index contributed by atoms with van der Waals surface area (Å²) in [7, 11) is 0. The highest BCUT2D eigenvalue weighted by atomic mass is 16.5. The van der Waals surface area contributed by atoms with E-state index in [0.29, 0.717) is 25.5 Å². The normalized spacial score (nSPS) is 23.5. The molecule has 8 heteroatoms. The number of aldehydes is 1. The minimum atomic E-state index is -0.812. The van der Waals surface area contributed by atoms with Gasteiger partial charge in [-0.25, -0.2) is 4.79 Å². The topological polar surface area (TPSA) is 105 Å². The van der Waals surface area contributed by atoms with E-state index in [1.165, 1.54) is 4.90 Å². The number of carbonyl (C=O) groups is 4. The van der Waals surface area contributed by atoms with Crippen molar-refractivity contribution in [2.24, 2.45) is 17.3 Å². The maximum absolute atomic E-state index is 13.0. The van der Waals surface area contributed by atoms with Gasteiger partial charge in [0.15, 0.2) is 0 Å². The van der Waals surface area contributed by atoms with Gasteiger partial charge in [-0.05, 0) is 36.5 Å². The fourth-order valence-electron chi connectivity index (χ4n) is 3.16. The van der Waals surface area contributed by atoms with E-state index in [1.807, 2.05) is 27.7 Å². The SMILES string of the molecule is CC1CC(C=O)N(C(=O)C(NC(=O)NCC(=O)OCC2CC2)C(C)(C)C)C1. The van der Waals surface area contributed by atoms with Crippen molar-refractivity contribution >= 4 is 24.2 Å². The Bertz CT molecular complexity index is 582. The Hall–Kier alpha value is -2.12. The number of esters is 1. The van der Waals surface area contributed by atoms with Crippen molar-refractivity contribution in [3.63, 3.8) is 0 Å². The molecule has 3 unspecified atom stereocenters. The summed E-state index contributed by atoms with van der Waals surface area (Å²) in [5.74, 6) is -0.0837. The standard InChI is InChI=1S/C19H31N3O5/c1-12-7-14(10-23)22(9-12)17(25)16(19(2,3)4)21-18(26)20-8-15(24)27-11-13-5-6-13/h10,12-14,16H,5-9,11H2,1-4H3,(H2,20,21,26). The first-order valence-corrected chi connectivity index (χ1v) is 9.57. The third-order valence-electron chi connectivity index (χ3n) is 4.95. The number of rotatable bonds is 7. The van der Waals surface area contributed by atoms with E-state index < -0.39 is 29.5 Å². The van der Waals surface area contributed by atoms with Gasteiger partial charge in [-0.2, -0.15) is 0 Å². The van der Waals surface area contributed by atoms with E-state index in [0.717, 1.165) is 19.1 Å². The minimum Gasteiger partial charge on any atom is -0.464 e. The van der Waals surface area contributed by atoms with Crippen LogP contribution < -0.4 is 10.6 Å². The third kappa shape index (κ3) is 6.22. The molecule has 152 valence electrons. The number of nitrogens with zero attached hydrogens (tertiary/aromatic N) is 1. The zero-order valence-electron chi connectivity index (χ0n) is 16.6. The van der Waals surface area contributed by atoms with Crippen LogP contribution in [0.2, 0.25) is 0 Å². The van der Waals surface area contributed by atoms with E-state index in [9.17, 15) is 19.2 Å². The summed E-state index contributed by atoms with van der Waals surface area (Å²) in [6.45, 7) is 8.15. The Morgan fingerprint density at radius 3 is 2.48 bits per heavy atom. The van der Waals surface area contributed by atoms with Gasteiger partial charge in [0.25, 0.3) is 0 Å². The second-order valence-electron chi connectivity index (χ2n) is 8.79. The van der Waals surface area contributed by atoms with Gasteiger partial charge in [0.1, 0.15) is 18.9 Å². The number of hydrogen-bond acceptors (Lipinski definition) is 5. The minimum absolute atomic E-state index is 0.236. The first-order valence-electron chi connectivity index (χ1n) is 9.57.